The van der Waals surface area contributed by atoms with Gasteiger partial charge in [-0.2, -0.15) is 18.6 Å². The number of rotatable bonds is 9. The molecule has 14 rings (SSSR count). The van der Waals surface area contributed by atoms with E-state index in [0.29, 0.717) is 36.9 Å². The summed E-state index contributed by atoms with van der Waals surface area (Å²) in [6.45, 7) is 0.884. The zero-order valence-corrected chi connectivity index (χ0v) is 37.3. The van der Waals surface area contributed by atoms with Gasteiger partial charge in [0.05, 0.1) is 72.3 Å². The summed E-state index contributed by atoms with van der Waals surface area (Å²) in [6, 6.07) is 20.4. The minimum atomic E-state index is -3.50. The monoisotopic (exact) mass is 946 g/mol. The molecule has 2 aliphatic heterocycles. The summed E-state index contributed by atoms with van der Waals surface area (Å²) in [5.74, 6) is -1.40. The van der Waals surface area contributed by atoms with Crippen LogP contribution in [0.3, 0.4) is 0 Å². The van der Waals surface area contributed by atoms with E-state index in [-0.39, 0.29) is 72.6 Å². The van der Waals surface area contributed by atoms with E-state index in [9.17, 15) is 44.3 Å². The zero-order valence-electron chi connectivity index (χ0n) is 36.5. The molecule has 4 atom stereocenters. The lowest BCUT2D eigenvalue weighted by molar-refractivity contribution is -0.226. The maximum atomic E-state index is 14.3. The molecule has 6 saturated carbocycles. The Hall–Kier alpha value is -5.75. The Morgan fingerprint density at radius 1 is 0.687 bits per heavy atom. The normalized spacial score (nSPS) is 30.0. The van der Waals surface area contributed by atoms with Crippen LogP contribution in [-0.2, 0) is 30.4 Å². The van der Waals surface area contributed by atoms with Crippen LogP contribution in [0.25, 0.3) is 21.8 Å². The zero-order chi connectivity index (χ0) is 47.1. The van der Waals surface area contributed by atoms with E-state index in [1.807, 2.05) is 4.68 Å². The summed E-state index contributed by atoms with van der Waals surface area (Å²) < 4.78 is 111. The van der Waals surface area contributed by atoms with Crippen molar-refractivity contribution >= 4 is 43.7 Å². The van der Waals surface area contributed by atoms with Gasteiger partial charge < -0.3 is 9.80 Å². The van der Waals surface area contributed by atoms with Gasteiger partial charge in [0.2, 0.25) is 11.8 Å². The minimum Gasteiger partial charge on any atom is -0.332 e. The number of benzene rings is 4. The molecule has 4 unspecified atom stereocenters. The summed E-state index contributed by atoms with van der Waals surface area (Å²) in [5.41, 5.74) is 1.83. The van der Waals surface area contributed by atoms with Crippen molar-refractivity contribution in [2.24, 2.45) is 21.7 Å². The molecular weight excluding hydrogens is 899 g/mol. The predicted molar refractivity (Wildman–Crippen MR) is 235 cm³/mol. The smallest absolute Gasteiger partial charge is 0.264 e. The number of nitrogens with one attached hydrogen (secondary N) is 1. The Labute approximate surface area is 382 Å². The van der Waals surface area contributed by atoms with Crippen molar-refractivity contribution in [1.29, 1.82) is 0 Å². The van der Waals surface area contributed by atoms with Crippen molar-refractivity contribution in [3.8, 4) is 0 Å². The highest BCUT2D eigenvalue weighted by Crippen LogP contribution is 2.75. The molecule has 4 aromatic carbocycles. The van der Waals surface area contributed by atoms with Gasteiger partial charge in [-0.15, -0.1) is 0 Å². The molecule has 0 spiro atoms. The highest BCUT2D eigenvalue weighted by Gasteiger charge is 2.73. The van der Waals surface area contributed by atoms with Crippen LogP contribution in [-0.4, -0.2) is 88.3 Å². The third kappa shape index (κ3) is 8.48. The van der Waals surface area contributed by atoms with E-state index in [2.05, 4.69) is 15.3 Å². The van der Waals surface area contributed by atoms with E-state index in [0.717, 1.165) is 47.3 Å². The standard InChI is InChI=1S/C24H22F3N3O.C18H21F2NO4S.C7H5FN2/c25-17-3-1-2-15(6-17)21-8-19(27)10-29(21)22(31)24-11-23(12-24,13-24)14-30-20-5-4-18(26)7-16(20)9-28-30;1-26(23,24)25-11-17-8-18(9-17,10-17)16(22)21-7-14(20)6-15(21)12-3-2-4-13(19)5-12;8-6-1-2-7-5(3-6)4-9-10-7/h1-7,9,19,21H,8,10-14H2;2-5,14-15H,6-11H2,1H3;1-4H,(H,9,10). The van der Waals surface area contributed by atoms with Gasteiger partial charge >= 0.3 is 0 Å². The molecule has 8 aliphatic rings. The number of alkyl halides is 2. The highest BCUT2D eigenvalue weighted by atomic mass is 32.2. The van der Waals surface area contributed by atoms with Gasteiger partial charge in [-0.05, 0) is 121 Å². The topological polar surface area (TPSA) is 130 Å². The molecule has 8 fully saturated rings. The molecule has 11 nitrogen and oxygen atoms in total. The van der Waals surface area contributed by atoms with Crippen molar-refractivity contribution < 1.29 is 48.5 Å². The lowest BCUT2D eigenvalue weighted by atomic mass is 9.34. The molecule has 67 heavy (non-hydrogen) atoms. The lowest BCUT2D eigenvalue weighted by Crippen LogP contribution is -2.69. The van der Waals surface area contributed by atoms with Crippen LogP contribution < -0.4 is 0 Å². The maximum Gasteiger partial charge on any atom is 0.264 e. The number of nitrogens with zero attached hydrogens (tertiary/aromatic N) is 5. The second-order valence-corrected chi connectivity index (χ2v) is 21.6. The molecule has 352 valence electrons. The van der Waals surface area contributed by atoms with E-state index in [1.165, 1.54) is 48.5 Å². The maximum absolute atomic E-state index is 14.3. The van der Waals surface area contributed by atoms with Gasteiger partial charge in [0, 0.05) is 30.2 Å². The first-order valence-electron chi connectivity index (χ1n) is 22.3. The molecule has 1 N–H and O–H groups in total. The number of halogens is 6. The third-order valence-corrected chi connectivity index (χ3v) is 15.3. The fraction of sp³-hybridized carbons (Fsp3) is 0.429. The molecule has 2 amide bonds. The Balaban J connectivity index is 0.000000131. The molecular formula is C49H48F6N6O5S. The number of hydrogen-bond acceptors (Lipinski definition) is 7. The van der Waals surface area contributed by atoms with Crippen molar-refractivity contribution in [2.45, 2.75) is 82.3 Å². The van der Waals surface area contributed by atoms with Crippen LogP contribution in [0.15, 0.2) is 97.3 Å². The molecule has 6 aliphatic carbocycles. The van der Waals surface area contributed by atoms with Gasteiger partial charge in [-0.25, -0.2) is 26.3 Å². The second kappa shape index (κ2) is 16.5. The predicted octanol–water partition coefficient (Wildman–Crippen LogP) is 9.08. The quantitative estimate of drug-likeness (QED) is 0.113. The Morgan fingerprint density at radius 3 is 1.73 bits per heavy atom. The Kier molecular flexibility index (Phi) is 11.1. The van der Waals surface area contributed by atoms with E-state index in [1.54, 1.807) is 58.6 Å². The van der Waals surface area contributed by atoms with Crippen LogP contribution >= 0.6 is 0 Å². The summed E-state index contributed by atoms with van der Waals surface area (Å²) in [5, 5.41) is 12.5. The number of carbonyl (C=O) groups excluding carboxylic acids is 2. The first-order valence-corrected chi connectivity index (χ1v) is 24.1. The summed E-state index contributed by atoms with van der Waals surface area (Å²) in [4.78, 5) is 29.6. The van der Waals surface area contributed by atoms with E-state index in [4.69, 9.17) is 4.18 Å². The summed E-state index contributed by atoms with van der Waals surface area (Å²) >= 11 is 0. The van der Waals surface area contributed by atoms with Crippen molar-refractivity contribution in [1.82, 2.24) is 29.8 Å². The Morgan fingerprint density at radius 2 is 1.19 bits per heavy atom. The minimum absolute atomic E-state index is 0.00354. The lowest BCUT2D eigenvalue weighted by Gasteiger charge is -2.70. The van der Waals surface area contributed by atoms with Crippen LogP contribution in [0.5, 0.6) is 0 Å². The first-order chi connectivity index (χ1) is 31.8. The fourth-order valence-corrected chi connectivity index (χ4v) is 12.6. The number of aromatic amines is 1. The Bertz CT molecular complexity index is 2980. The largest absolute Gasteiger partial charge is 0.332 e. The van der Waals surface area contributed by atoms with Gasteiger partial charge in [0.25, 0.3) is 10.1 Å². The van der Waals surface area contributed by atoms with Gasteiger partial charge in [-0.1, -0.05) is 24.3 Å². The fourth-order valence-electron chi connectivity index (χ4n) is 12.1. The third-order valence-electron chi connectivity index (χ3n) is 14.7. The van der Waals surface area contributed by atoms with Gasteiger partial charge in [0.1, 0.15) is 35.6 Å². The summed E-state index contributed by atoms with van der Waals surface area (Å²) in [7, 11) is -3.50. The molecule has 4 heterocycles. The van der Waals surface area contributed by atoms with Crippen LogP contribution in [0.4, 0.5) is 26.3 Å². The van der Waals surface area contributed by atoms with Crippen LogP contribution in [0, 0.1) is 44.9 Å². The number of carbonyl (C=O) groups is 2. The molecule has 18 heteroatoms. The number of H-pyrrole nitrogens is 1. The van der Waals surface area contributed by atoms with Crippen LogP contribution in [0.1, 0.15) is 74.6 Å². The first kappa shape index (κ1) is 45.1. The number of aromatic nitrogens is 4. The average Bonchev–Trinajstić information content (AvgIpc) is 4.03. The number of amides is 2. The molecule has 2 saturated heterocycles. The number of likely N-dealkylation sites (tertiary alicyclic amines) is 2. The highest BCUT2D eigenvalue weighted by molar-refractivity contribution is 7.86. The number of hydrogen-bond donors (Lipinski definition) is 1. The SMILES string of the molecule is CS(=O)(=O)OCC12CC(C(=O)N3CC(F)CC3c3cccc(F)c3)(C1)C2.Fc1ccc2[nH]ncc2c1.O=C(N1CC(F)CC1c1cccc(F)c1)C12CC(Cn3ncc4cc(F)ccc43)(C1)C2. The molecule has 0 radical (unpaired) electrons. The van der Waals surface area contributed by atoms with E-state index >= 15 is 0 Å². The van der Waals surface area contributed by atoms with Crippen molar-refractivity contribution in [3.05, 3.63) is 132 Å². The second-order valence-electron chi connectivity index (χ2n) is 19.9. The van der Waals surface area contributed by atoms with Crippen LogP contribution in [0.2, 0.25) is 0 Å². The molecule has 4 bridgehead atoms. The molecule has 6 aromatic rings. The molecule has 2 aromatic heterocycles. The van der Waals surface area contributed by atoms with Gasteiger partial charge in [0.15, 0.2) is 0 Å². The average molecular weight is 947 g/mol. The van der Waals surface area contributed by atoms with Crippen molar-refractivity contribution in [2.75, 3.05) is 26.0 Å². The van der Waals surface area contributed by atoms with Crippen molar-refractivity contribution in [3.63, 3.8) is 0 Å². The number of fused-ring (bicyclic) bond motifs is 2. The van der Waals surface area contributed by atoms with Gasteiger partial charge in [-0.3, -0.25) is 23.6 Å². The van der Waals surface area contributed by atoms with E-state index < -0.39 is 51.2 Å². The summed E-state index contributed by atoms with van der Waals surface area (Å²) in [6.07, 6.45) is 6.41.